The Balaban J connectivity index is 1.53. The van der Waals surface area contributed by atoms with E-state index < -0.39 is 0 Å². The normalized spacial score (nSPS) is 22.2. The average molecular weight is 329 g/mol. The number of carbonyl (C=O) groups is 1. The first kappa shape index (κ1) is 15.4. The van der Waals surface area contributed by atoms with E-state index >= 15 is 0 Å². The van der Waals surface area contributed by atoms with Crippen LogP contribution in [0.3, 0.4) is 0 Å². The van der Waals surface area contributed by atoms with Crippen molar-refractivity contribution in [1.29, 1.82) is 0 Å². The Bertz CT molecular complexity index is 675. The lowest BCUT2D eigenvalue weighted by molar-refractivity contribution is 0.0263. The van der Waals surface area contributed by atoms with E-state index in [1.54, 1.807) is 6.20 Å². The van der Waals surface area contributed by atoms with Crippen molar-refractivity contribution in [3.8, 4) is 0 Å². The Morgan fingerprint density at radius 2 is 2.21 bits per heavy atom. The highest BCUT2D eigenvalue weighted by molar-refractivity contribution is 5.92. The van der Waals surface area contributed by atoms with E-state index in [2.05, 4.69) is 19.4 Å². The third-order valence-corrected chi connectivity index (χ3v) is 4.80. The second-order valence-corrected chi connectivity index (χ2v) is 6.54. The molecule has 2 aromatic rings. The fourth-order valence-electron chi connectivity index (χ4n) is 3.59. The van der Waals surface area contributed by atoms with E-state index in [4.69, 9.17) is 4.74 Å². The number of aromatic nitrogens is 3. The quantitative estimate of drug-likeness (QED) is 0.905. The maximum Gasteiger partial charge on any atom is 0.270 e. The number of nitrogens with zero attached hydrogens (tertiary/aromatic N) is 4. The van der Waals surface area contributed by atoms with Crippen LogP contribution in [-0.4, -0.2) is 69.6 Å². The maximum atomic E-state index is 12.8. The smallest absolute Gasteiger partial charge is 0.270 e. The Hall–Kier alpha value is -2.12. The second kappa shape index (κ2) is 6.78. The third-order valence-electron chi connectivity index (χ3n) is 4.80. The van der Waals surface area contributed by atoms with Gasteiger partial charge < -0.3 is 19.2 Å². The summed E-state index contributed by atoms with van der Waals surface area (Å²) in [7, 11) is 0. The zero-order valence-electron chi connectivity index (χ0n) is 13.7. The van der Waals surface area contributed by atoms with Gasteiger partial charge in [0, 0.05) is 57.2 Å². The van der Waals surface area contributed by atoms with Crippen molar-refractivity contribution in [2.45, 2.75) is 13.1 Å². The summed E-state index contributed by atoms with van der Waals surface area (Å²) in [6, 6.07) is 3.69. The van der Waals surface area contributed by atoms with Crippen molar-refractivity contribution in [2.75, 3.05) is 39.4 Å². The van der Waals surface area contributed by atoms with Crippen LogP contribution >= 0.6 is 0 Å². The molecule has 0 unspecified atom stereocenters. The molecule has 1 amide bonds. The van der Waals surface area contributed by atoms with Crippen LogP contribution in [0.2, 0.25) is 0 Å². The van der Waals surface area contributed by atoms with Crippen molar-refractivity contribution < 1.29 is 9.53 Å². The van der Waals surface area contributed by atoms with Gasteiger partial charge in [0.05, 0.1) is 19.8 Å². The molecule has 0 bridgehead atoms. The number of morpholine rings is 1. The molecule has 7 heteroatoms. The molecule has 2 aliphatic heterocycles. The van der Waals surface area contributed by atoms with Gasteiger partial charge in [0.1, 0.15) is 11.5 Å². The van der Waals surface area contributed by atoms with E-state index in [0.29, 0.717) is 18.2 Å². The molecule has 1 N–H and O–H groups in total. The first-order chi connectivity index (χ1) is 11.8. The third kappa shape index (κ3) is 3.22. The molecule has 1 saturated heterocycles. The van der Waals surface area contributed by atoms with Gasteiger partial charge in [0.15, 0.2) is 0 Å². The number of imidazole rings is 1. The van der Waals surface area contributed by atoms with E-state index in [-0.39, 0.29) is 5.91 Å². The van der Waals surface area contributed by atoms with Crippen LogP contribution < -0.4 is 0 Å². The van der Waals surface area contributed by atoms with Gasteiger partial charge in [-0.3, -0.25) is 9.69 Å². The van der Waals surface area contributed by atoms with E-state index in [1.807, 2.05) is 29.4 Å². The minimum atomic E-state index is 0.0448. The number of hydrogen-bond acceptors (Lipinski definition) is 4. The van der Waals surface area contributed by atoms with Crippen molar-refractivity contribution in [3.05, 3.63) is 42.2 Å². The van der Waals surface area contributed by atoms with Gasteiger partial charge in [0.2, 0.25) is 0 Å². The van der Waals surface area contributed by atoms with E-state index in [1.165, 1.54) is 0 Å². The van der Waals surface area contributed by atoms with Crippen LogP contribution in [0.5, 0.6) is 0 Å². The Morgan fingerprint density at radius 3 is 3.00 bits per heavy atom. The number of carbonyl (C=O) groups excluding carboxylic acids is 1. The molecule has 0 aliphatic carbocycles. The second-order valence-electron chi connectivity index (χ2n) is 6.54. The average Bonchev–Trinajstić information content (AvgIpc) is 3.24. The lowest BCUT2D eigenvalue weighted by atomic mass is 10.1. The maximum absolute atomic E-state index is 12.8. The summed E-state index contributed by atoms with van der Waals surface area (Å²) in [5, 5.41) is 0. The fraction of sp³-hybridized carbons (Fsp3) is 0.529. The van der Waals surface area contributed by atoms with Crippen LogP contribution in [-0.2, 0) is 17.8 Å². The van der Waals surface area contributed by atoms with Crippen LogP contribution in [0.4, 0.5) is 0 Å². The molecule has 0 radical (unpaired) electrons. The molecule has 1 atom stereocenters. The highest BCUT2D eigenvalue weighted by atomic mass is 16.5. The summed E-state index contributed by atoms with van der Waals surface area (Å²) in [5.74, 6) is 1.39. The van der Waals surface area contributed by atoms with Crippen molar-refractivity contribution in [3.63, 3.8) is 0 Å². The molecule has 0 saturated carbocycles. The zero-order valence-corrected chi connectivity index (χ0v) is 13.7. The number of ether oxygens (including phenoxy) is 1. The number of nitrogens with one attached hydrogen (secondary N) is 1. The minimum Gasteiger partial charge on any atom is -0.379 e. The molecule has 4 heterocycles. The number of fused-ring (bicyclic) bond motifs is 1. The van der Waals surface area contributed by atoms with Gasteiger partial charge >= 0.3 is 0 Å². The van der Waals surface area contributed by atoms with Gasteiger partial charge in [-0.15, -0.1) is 0 Å². The molecule has 24 heavy (non-hydrogen) atoms. The fourth-order valence-corrected chi connectivity index (χ4v) is 3.59. The Morgan fingerprint density at radius 1 is 1.33 bits per heavy atom. The summed E-state index contributed by atoms with van der Waals surface area (Å²) in [6.07, 6.45) is 5.63. The number of aromatic amines is 1. The molecule has 128 valence electrons. The molecule has 4 rings (SSSR count). The van der Waals surface area contributed by atoms with Crippen molar-refractivity contribution in [2.24, 2.45) is 5.92 Å². The largest absolute Gasteiger partial charge is 0.379 e. The zero-order chi connectivity index (χ0) is 16.4. The highest BCUT2D eigenvalue weighted by Crippen LogP contribution is 2.19. The molecule has 2 aromatic heterocycles. The molecule has 0 aromatic carbocycles. The van der Waals surface area contributed by atoms with E-state index in [0.717, 1.165) is 51.8 Å². The standard InChI is InChI=1S/C17H23N5O2/c23-17(15-2-1-3-18-15)22-12-14(10-20-6-8-24-9-7-20)11-21-5-4-19-16(21)13-22/h1-5,14,18H,6-13H2/t14-/m0/s1. The number of hydrogen-bond donors (Lipinski definition) is 1. The molecule has 2 aliphatic rings. The first-order valence-electron chi connectivity index (χ1n) is 8.52. The summed E-state index contributed by atoms with van der Waals surface area (Å²) in [5.41, 5.74) is 0.639. The molecule has 1 fully saturated rings. The van der Waals surface area contributed by atoms with Gasteiger partial charge in [-0.05, 0) is 12.1 Å². The summed E-state index contributed by atoms with van der Waals surface area (Å²) in [4.78, 5) is 24.6. The molecular weight excluding hydrogens is 306 g/mol. The minimum absolute atomic E-state index is 0.0448. The Labute approximate surface area is 141 Å². The van der Waals surface area contributed by atoms with Crippen molar-refractivity contribution >= 4 is 5.91 Å². The first-order valence-corrected chi connectivity index (χ1v) is 8.52. The van der Waals surface area contributed by atoms with Crippen LogP contribution in [0, 0.1) is 5.92 Å². The molecule has 0 spiro atoms. The number of amides is 1. The monoisotopic (exact) mass is 329 g/mol. The topological polar surface area (TPSA) is 66.4 Å². The van der Waals surface area contributed by atoms with Crippen LogP contribution in [0.1, 0.15) is 16.3 Å². The van der Waals surface area contributed by atoms with Gasteiger partial charge in [-0.2, -0.15) is 0 Å². The Kier molecular flexibility index (Phi) is 4.36. The van der Waals surface area contributed by atoms with Crippen LogP contribution in [0.25, 0.3) is 0 Å². The van der Waals surface area contributed by atoms with E-state index in [9.17, 15) is 4.79 Å². The van der Waals surface area contributed by atoms with Gasteiger partial charge in [0.25, 0.3) is 5.91 Å². The highest BCUT2D eigenvalue weighted by Gasteiger charge is 2.28. The number of H-pyrrole nitrogens is 1. The van der Waals surface area contributed by atoms with Gasteiger partial charge in [-0.1, -0.05) is 0 Å². The van der Waals surface area contributed by atoms with Crippen LogP contribution in [0.15, 0.2) is 30.7 Å². The lowest BCUT2D eigenvalue weighted by Gasteiger charge is -2.31. The molecule has 7 nitrogen and oxygen atoms in total. The van der Waals surface area contributed by atoms with Gasteiger partial charge in [-0.25, -0.2) is 4.98 Å². The summed E-state index contributed by atoms with van der Waals surface area (Å²) < 4.78 is 7.63. The SMILES string of the molecule is O=C(c1ccc[nH]1)N1Cc2nccn2C[C@H](CN2CCOCC2)C1. The summed E-state index contributed by atoms with van der Waals surface area (Å²) in [6.45, 7) is 6.73. The molecular formula is C17H23N5O2. The van der Waals surface area contributed by atoms with Crippen molar-refractivity contribution in [1.82, 2.24) is 24.3 Å². The lowest BCUT2D eigenvalue weighted by Crippen LogP contribution is -2.43. The predicted octanol–water partition coefficient (Wildman–Crippen LogP) is 0.816. The predicted molar refractivity (Wildman–Crippen MR) is 88.5 cm³/mol. The number of rotatable bonds is 3. The summed E-state index contributed by atoms with van der Waals surface area (Å²) >= 11 is 0.